The van der Waals surface area contributed by atoms with E-state index in [1.165, 1.54) is 0 Å². The van der Waals surface area contributed by atoms with E-state index < -0.39 is 0 Å². The fourth-order valence-corrected chi connectivity index (χ4v) is 3.04. The number of benzene rings is 1. The molecule has 3 heterocycles. The fraction of sp³-hybridized carbons (Fsp3) is 0.273. The lowest BCUT2D eigenvalue weighted by Crippen LogP contribution is -2.20. The number of aromatic nitrogens is 3. The van der Waals surface area contributed by atoms with Crippen LogP contribution in [0.25, 0.3) is 0 Å². The normalized spacial score (nSPS) is 12.8. The van der Waals surface area contributed by atoms with Gasteiger partial charge in [0.1, 0.15) is 11.6 Å². The van der Waals surface area contributed by atoms with E-state index in [2.05, 4.69) is 41.5 Å². The molecule has 0 atom stereocenters. The second kappa shape index (κ2) is 7.75. The minimum Gasteiger partial charge on any atom is -0.453 e. The van der Waals surface area contributed by atoms with Gasteiger partial charge in [-0.2, -0.15) is 5.10 Å². The largest absolute Gasteiger partial charge is 0.453 e. The van der Waals surface area contributed by atoms with E-state index in [0.717, 1.165) is 5.69 Å². The lowest BCUT2D eigenvalue weighted by atomic mass is 9.92. The van der Waals surface area contributed by atoms with Crippen LogP contribution >= 0.6 is 0 Å². The molecule has 0 fully saturated rings. The molecule has 4 rings (SSSR count). The summed E-state index contributed by atoms with van der Waals surface area (Å²) < 4.78 is 12.6. The van der Waals surface area contributed by atoms with Crippen molar-refractivity contribution in [3.8, 4) is 17.2 Å². The highest BCUT2D eigenvalue weighted by atomic mass is 16.6. The number of esters is 1. The molecule has 2 aromatic heterocycles. The Morgan fingerprint density at radius 2 is 1.90 bits per heavy atom. The summed E-state index contributed by atoms with van der Waals surface area (Å²) in [5.41, 5.74) is 1.92. The van der Waals surface area contributed by atoms with Gasteiger partial charge < -0.3 is 14.8 Å². The molecule has 0 aliphatic carbocycles. The monoisotopic (exact) mass is 421 g/mol. The highest BCUT2D eigenvalue weighted by molar-refractivity contribution is 5.99. The third-order valence-electron chi connectivity index (χ3n) is 4.70. The number of hydrogen-bond donors (Lipinski definition) is 2. The molecule has 1 aliphatic rings. The molecule has 0 saturated carbocycles. The van der Waals surface area contributed by atoms with Crippen molar-refractivity contribution in [1.82, 2.24) is 14.8 Å². The number of carbonyl (C=O) groups is 2. The molecule has 1 aliphatic heterocycles. The first-order valence-corrected chi connectivity index (χ1v) is 9.78. The summed E-state index contributed by atoms with van der Waals surface area (Å²) in [7, 11) is 1.78. The van der Waals surface area contributed by atoms with Gasteiger partial charge in [-0.05, 0) is 24.3 Å². The van der Waals surface area contributed by atoms with Crippen LogP contribution < -0.4 is 20.1 Å². The van der Waals surface area contributed by atoms with Crippen molar-refractivity contribution in [2.75, 3.05) is 10.6 Å². The molecule has 0 radical (unpaired) electrons. The molecule has 31 heavy (non-hydrogen) atoms. The Kier molecular flexibility index (Phi) is 5.10. The molecular formula is C22H23N5O4. The molecule has 9 nitrogen and oxygen atoms in total. The Balaban J connectivity index is 1.39. The smallest absolute Gasteiger partial charge is 0.324 e. The predicted molar refractivity (Wildman–Crippen MR) is 115 cm³/mol. The summed E-state index contributed by atoms with van der Waals surface area (Å²) in [5, 5.41) is 10.0. The number of carbonyl (C=O) groups excluding carboxylic acids is 2. The van der Waals surface area contributed by atoms with E-state index in [9.17, 15) is 9.59 Å². The third-order valence-corrected chi connectivity index (χ3v) is 4.70. The van der Waals surface area contributed by atoms with Crippen molar-refractivity contribution in [2.45, 2.75) is 32.6 Å². The first-order chi connectivity index (χ1) is 14.7. The van der Waals surface area contributed by atoms with E-state index >= 15 is 0 Å². The van der Waals surface area contributed by atoms with E-state index in [1.54, 1.807) is 48.3 Å². The van der Waals surface area contributed by atoms with Crippen LogP contribution in [-0.4, -0.2) is 26.8 Å². The van der Waals surface area contributed by atoms with E-state index in [1.807, 2.05) is 6.07 Å². The quantitative estimate of drug-likeness (QED) is 0.617. The number of hydrogen-bond acceptors (Lipinski definition) is 6. The number of nitrogens with one attached hydrogen (secondary N) is 2. The molecule has 0 saturated heterocycles. The summed E-state index contributed by atoms with van der Waals surface area (Å²) >= 11 is 0. The summed E-state index contributed by atoms with van der Waals surface area (Å²) in [5.74, 6) is 1.54. The molecule has 160 valence electrons. The zero-order valence-electron chi connectivity index (χ0n) is 17.7. The summed E-state index contributed by atoms with van der Waals surface area (Å²) in [4.78, 5) is 28.0. The highest BCUT2D eigenvalue weighted by Crippen LogP contribution is 2.37. The third kappa shape index (κ3) is 4.50. The molecule has 0 unspecified atom stereocenters. The maximum atomic E-state index is 12.4. The van der Waals surface area contributed by atoms with Crippen LogP contribution in [-0.2, 0) is 23.7 Å². The Labute approximate surface area is 179 Å². The van der Waals surface area contributed by atoms with E-state index in [0.29, 0.717) is 34.4 Å². The van der Waals surface area contributed by atoms with Gasteiger partial charge >= 0.3 is 12.0 Å². The molecule has 9 heteroatoms. The van der Waals surface area contributed by atoms with Crippen molar-refractivity contribution in [3.05, 3.63) is 54.0 Å². The Morgan fingerprint density at radius 3 is 2.58 bits per heavy atom. The minimum absolute atomic E-state index is 0.114. The molecule has 2 amide bonds. The average Bonchev–Trinajstić information content (AvgIpc) is 3.26. The number of anilines is 2. The number of amides is 2. The second-order valence-corrected chi connectivity index (χ2v) is 8.23. The Bertz CT molecular complexity index is 1150. The topological polar surface area (TPSA) is 107 Å². The molecule has 0 bridgehead atoms. The number of nitrogens with zero attached hydrogens (tertiary/aromatic N) is 3. The minimum atomic E-state index is -0.379. The number of pyridine rings is 1. The van der Waals surface area contributed by atoms with Crippen LogP contribution in [0.2, 0.25) is 0 Å². The van der Waals surface area contributed by atoms with Crippen LogP contribution in [0.15, 0.2) is 42.6 Å². The van der Waals surface area contributed by atoms with Crippen molar-refractivity contribution in [2.24, 2.45) is 7.05 Å². The Hall–Kier alpha value is -3.88. The molecule has 1 aromatic carbocycles. The number of aryl methyl sites for hydroxylation is 1. The lowest BCUT2D eigenvalue weighted by Gasteiger charge is -2.13. The van der Waals surface area contributed by atoms with Gasteiger partial charge in [0.25, 0.3) is 0 Å². The standard InChI is InChI=1S/C22H23N5O4/c1-22(2,3)17-12-18(27(4)26-17)25-21(29)24-13-5-7-14(8-6-13)30-16-9-10-23-15-11-19(28)31-20(15)16/h5-10,12H,11H2,1-4H3,(H2,24,25,29). The van der Waals surface area contributed by atoms with Crippen molar-refractivity contribution in [1.29, 1.82) is 0 Å². The molecular weight excluding hydrogens is 398 g/mol. The van der Waals surface area contributed by atoms with E-state index in [4.69, 9.17) is 9.47 Å². The summed E-state index contributed by atoms with van der Waals surface area (Å²) in [6.45, 7) is 6.19. The van der Waals surface area contributed by atoms with Gasteiger partial charge in [-0.1, -0.05) is 20.8 Å². The van der Waals surface area contributed by atoms with Crippen LogP contribution in [0.4, 0.5) is 16.3 Å². The van der Waals surface area contributed by atoms with Crippen LogP contribution in [0, 0.1) is 0 Å². The van der Waals surface area contributed by atoms with Crippen LogP contribution in [0.3, 0.4) is 0 Å². The van der Waals surface area contributed by atoms with Crippen molar-refractivity contribution < 1.29 is 19.1 Å². The first kappa shape index (κ1) is 20.4. The van der Waals surface area contributed by atoms with Gasteiger partial charge in [-0.15, -0.1) is 0 Å². The first-order valence-electron chi connectivity index (χ1n) is 9.78. The lowest BCUT2D eigenvalue weighted by molar-refractivity contribution is -0.131. The van der Waals surface area contributed by atoms with E-state index in [-0.39, 0.29) is 23.8 Å². The number of ether oxygens (including phenoxy) is 2. The predicted octanol–water partition coefficient (Wildman–Crippen LogP) is 4.01. The number of fused-ring (bicyclic) bond motifs is 1. The van der Waals surface area contributed by atoms with Gasteiger partial charge in [0.05, 0.1) is 17.8 Å². The zero-order chi connectivity index (χ0) is 22.2. The fourth-order valence-electron chi connectivity index (χ4n) is 3.04. The van der Waals surface area contributed by atoms with Crippen molar-refractivity contribution in [3.63, 3.8) is 0 Å². The van der Waals surface area contributed by atoms with Crippen molar-refractivity contribution >= 4 is 23.5 Å². The highest BCUT2D eigenvalue weighted by Gasteiger charge is 2.26. The van der Waals surface area contributed by atoms with Gasteiger partial charge in [-0.25, -0.2) is 4.79 Å². The molecule has 3 aromatic rings. The Morgan fingerprint density at radius 1 is 1.16 bits per heavy atom. The number of urea groups is 1. The zero-order valence-corrected chi connectivity index (χ0v) is 17.7. The molecule has 0 spiro atoms. The summed E-state index contributed by atoms with van der Waals surface area (Å²) in [6.07, 6.45) is 1.71. The number of rotatable bonds is 4. The van der Waals surface area contributed by atoms with Gasteiger partial charge in [0.2, 0.25) is 0 Å². The summed E-state index contributed by atoms with van der Waals surface area (Å²) in [6, 6.07) is 9.96. The molecule has 2 N–H and O–H groups in total. The van der Waals surface area contributed by atoms with Gasteiger partial charge in [-0.3, -0.25) is 19.8 Å². The van der Waals surface area contributed by atoms with Gasteiger partial charge in [0, 0.05) is 36.5 Å². The van der Waals surface area contributed by atoms with Crippen LogP contribution in [0.1, 0.15) is 32.2 Å². The maximum absolute atomic E-state index is 12.4. The maximum Gasteiger partial charge on any atom is 0.324 e. The van der Waals surface area contributed by atoms with Crippen LogP contribution in [0.5, 0.6) is 17.2 Å². The average molecular weight is 421 g/mol. The van der Waals surface area contributed by atoms with Gasteiger partial charge in [0.15, 0.2) is 11.5 Å². The second-order valence-electron chi connectivity index (χ2n) is 8.23. The SMILES string of the molecule is Cn1nc(C(C)(C)C)cc1NC(=O)Nc1ccc(Oc2ccnc3c2OC(=O)C3)cc1.